The van der Waals surface area contributed by atoms with E-state index < -0.39 is 5.76 Å². The van der Waals surface area contributed by atoms with Gasteiger partial charge in [-0.1, -0.05) is 23.9 Å². The molecule has 2 aromatic heterocycles. The van der Waals surface area contributed by atoms with Gasteiger partial charge in [0.05, 0.1) is 12.7 Å². The molecule has 0 radical (unpaired) electrons. The molecule has 0 amide bonds. The molecule has 8 heteroatoms. The van der Waals surface area contributed by atoms with Gasteiger partial charge in [0.15, 0.2) is 5.65 Å². The molecule has 114 valence electrons. The van der Waals surface area contributed by atoms with Crippen LogP contribution in [0.15, 0.2) is 46.5 Å². The van der Waals surface area contributed by atoms with Crippen LogP contribution >= 0.6 is 11.8 Å². The summed E-state index contributed by atoms with van der Waals surface area (Å²) in [6.45, 7) is 0.330. The Morgan fingerprint density at radius 2 is 2.00 bits per heavy atom. The molecule has 0 atom stereocenters. The van der Waals surface area contributed by atoms with Crippen LogP contribution in [0.1, 0.15) is 5.56 Å². The van der Waals surface area contributed by atoms with Gasteiger partial charge >= 0.3 is 0 Å². The molecule has 0 aliphatic heterocycles. The molecule has 0 unspecified atom stereocenters. The summed E-state index contributed by atoms with van der Waals surface area (Å²) in [6.07, 6.45) is 2.96. The number of halogens is 2. The lowest BCUT2D eigenvalue weighted by Crippen LogP contribution is -2.21. The van der Waals surface area contributed by atoms with Gasteiger partial charge in [0, 0.05) is 11.9 Å². The minimum absolute atomic E-state index is 0.177. The fourth-order valence-electron chi connectivity index (χ4n) is 2.15. The summed E-state index contributed by atoms with van der Waals surface area (Å²) >= 11 is 0.496. The highest BCUT2D eigenvalue weighted by Gasteiger charge is 2.09. The number of rotatable bonds is 4. The van der Waals surface area contributed by atoms with Crippen molar-refractivity contribution < 1.29 is 8.78 Å². The van der Waals surface area contributed by atoms with Gasteiger partial charge in [0.25, 0.3) is 11.3 Å². The second-order valence-corrected chi connectivity index (χ2v) is 5.77. The minimum Gasteiger partial charge on any atom is -0.294 e. The fourth-order valence-corrected chi connectivity index (χ4v) is 2.65. The van der Waals surface area contributed by atoms with E-state index >= 15 is 0 Å². The maximum absolute atomic E-state index is 12.3. The Morgan fingerprint density at radius 1 is 1.27 bits per heavy atom. The highest BCUT2D eigenvalue weighted by molar-refractivity contribution is 7.99. The van der Waals surface area contributed by atoms with Crippen LogP contribution in [0.3, 0.4) is 0 Å². The Morgan fingerprint density at radius 3 is 2.68 bits per heavy atom. The van der Waals surface area contributed by atoms with Crippen LogP contribution in [-0.2, 0) is 13.6 Å². The molecule has 2 heterocycles. The Balaban J connectivity index is 1.87. The van der Waals surface area contributed by atoms with E-state index in [1.54, 1.807) is 31.3 Å². The molecule has 3 aromatic rings. The van der Waals surface area contributed by atoms with Crippen LogP contribution < -0.4 is 5.56 Å². The van der Waals surface area contributed by atoms with Gasteiger partial charge in [0.2, 0.25) is 0 Å². The lowest BCUT2D eigenvalue weighted by molar-refractivity contribution is 0.252. The molecule has 0 N–H and O–H groups in total. The van der Waals surface area contributed by atoms with Crippen molar-refractivity contribution in [2.75, 3.05) is 0 Å². The summed E-state index contributed by atoms with van der Waals surface area (Å²) in [6, 6.07) is 6.69. The van der Waals surface area contributed by atoms with E-state index in [2.05, 4.69) is 10.1 Å². The van der Waals surface area contributed by atoms with Crippen molar-refractivity contribution in [2.45, 2.75) is 17.2 Å². The number of nitrogens with zero attached hydrogens (tertiary/aromatic N) is 4. The van der Waals surface area contributed by atoms with Crippen LogP contribution in [0.5, 0.6) is 0 Å². The van der Waals surface area contributed by atoms with Gasteiger partial charge < -0.3 is 0 Å². The Kier molecular flexibility index (Phi) is 3.93. The van der Waals surface area contributed by atoms with Gasteiger partial charge in [-0.15, -0.1) is 0 Å². The molecule has 5 nitrogen and oxygen atoms in total. The first kappa shape index (κ1) is 14.7. The smallest absolute Gasteiger partial charge is 0.288 e. The highest BCUT2D eigenvalue weighted by atomic mass is 32.2. The number of aryl methyl sites for hydroxylation is 1. The highest BCUT2D eigenvalue weighted by Crippen LogP contribution is 2.25. The molecule has 22 heavy (non-hydrogen) atoms. The first-order valence-corrected chi connectivity index (χ1v) is 7.33. The van der Waals surface area contributed by atoms with Crippen molar-refractivity contribution in [2.24, 2.45) is 7.05 Å². The average molecular weight is 322 g/mol. The lowest BCUT2D eigenvalue weighted by Gasteiger charge is -2.06. The van der Waals surface area contributed by atoms with Crippen molar-refractivity contribution in [3.63, 3.8) is 0 Å². The topological polar surface area (TPSA) is 52.7 Å². The molecule has 3 rings (SSSR count). The third kappa shape index (κ3) is 2.87. The Labute approximate surface area is 128 Å². The summed E-state index contributed by atoms with van der Waals surface area (Å²) < 4.78 is 27.6. The quantitative estimate of drug-likeness (QED) is 0.693. The van der Waals surface area contributed by atoms with Crippen LogP contribution in [0.25, 0.3) is 11.0 Å². The predicted molar refractivity (Wildman–Crippen MR) is 80.2 cm³/mol. The van der Waals surface area contributed by atoms with E-state index in [1.165, 1.54) is 21.8 Å². The summed E-state index contributed by atoms with van der Waals surface area (Å²) in [5, 5.41) is 4.46. The number of benzene rings is 1. The third-order valence-electron chi connectivity index (χ3n) is 3.22. The zero-order valence-corrected chi connectivity index (χ0v) is 12.4. The normalized spacial score (nSPS) is 11.5. The zero-order chi connectivity index (χ0) is 15.7. The van der Waals surface area contributed by atoms with Crippen molar-refractivity contribution in [3.8, 4) is 0 Å². The van der Waals surface area contributed by atoms with E-state index in [0.29, 0.717) is 34.2 Å². The zero-order valence-electron chi connectivity index (χ0n) is 11.6. The van der Waals surface area contributed by atoms with Gasteiger partial charge in [-0.25, -0.2) is 4.98 Å². The first-order valence-electron chi connectivity index (χ1n) is 6.45. The molecular formula is C14H12F2N4OS. The van der Waals surface area contributed by atoms with Crippen LogP contribution in [0.2, 0.25) is 0 Å². The van der Waals surface area contributed by atoms with Crippen LogP contribution in [0, 0.1) is 0 Å². The standard InChI is InChI=1S/C14H12F2N4OS/c1-19-12-11(6-18-19)13(21)20(8-17-12)7-9-2-4-10(5-3-9)22-14(15)16/h2-6,8,14H,7H2,1H3. The SMILES string of the molecule is Cn1ncc2c(=O)n(Cc3ccc(SC(F)F)cc3)cnc21. The molecular weight excluding hydrogens is 310 g/mol. The van der Waals surface area contributed by atoms with E-state index in [9.17, 15) is 13.6 Å². The summed E-state index contributed by atoms with van der Waals surface area (Å²) in [7, 11) is 1.72. The number of hydrogen-bond acceptors (Lipinski definition) is 4. The third-order valence-corrected chi connectivity index (χ3v) is 3.94. The molecule has 0 spiro atoms. The van der Waals surface area contributed by atoms with Crippen LogP contribution in [0.4, 0.5) is 8.78 Å². The maximum Gasteiger partial charge on any atom is 0.288 e. The van der Waals surface area contributed by atoms with E-state index in [4.69, 9.17) is 0 Å². The molecule has 0 aliphatic rings. The molecule has 0 saturated carbocycles. The minimum atomic E-state index is -2.44. The molecule has 0 fully saturated rings. The van der Waals surface area contributed by atoms with Gasteiger partial charge in [0.1, 0.15) is 11.7 Å². The Bertz CT molecular complexity index is 857. The van der Waals surface area contributed by atoms with Gasteiger partial charge in [-0.3, -0.25) is 14.0 Å². The van der Waals surface area contributed by atoms with E-state index in [1.807, 2.05) is 0 Å². The Hall–Kier alpha value is -2.22. The number of thioether (sulfide) groups is 1. The molecule has 0 bridgehead atoms. The van der Waals surface area contributed by atoms with Gasteiger partial charge in [-0.2, -0.15) is 13.9 Å². The van der Waals surface area contributed by atoms with Crippen molar-refractivity contribution in [3.05, 3.63) is 52.7 Å². The average Bonchev–Trinajstić information content (AvgIpc) is 2.86. The van der Waals surface area contributed by atoms with Crippen LogP contribution in [-0.4, -0.2) is 25.1 Å². The van der Waals surface area contributed by atoms with E-state index in [-0.39, 0.29) is 5.56 Å². The number of alkyl halides is 2. The lowest BCUT2D eigenvalue weighted by atomic mass is 10.2. The van der Waals surface area contributed by atoms with Crippen molar-refractivity contribution in [1.82, 2.24) is 19.3 Å². The summed E-state index contributed by atoms with van der Waals surface area (Å²) in [5.41, 5.74) is 1.19. The molecule has 0 aliphatic carbocycles. The number of hydrogen-bond donors (Lipinski definition) is 0. The number of fused-ring (bicyclic) bond motifs is 1. The molecule has 1 aromatic carbocycles. The van der Waals surface area contributed by atoms with Crippen molar-refractivity contribution in [1.29, 1.82) is 0 Å². The number of aromatic nitrogens is 4. The maximum atomic E-state index is 12.3. The second kappa shape index (κ2) is 5.88. The first-order chi connectivity index (χ1) is 10.5. The molecule has 0 saturated heterocycles. The summed E-state index contributed by atoms with van der Waals surface area (Å²) in [5.74, 6) is -2.44. The van der Waals surface area contributed by atoms with Crippen molar-refractivity contribution >= 4 is 22.8 Å². The fraction of sp³-hybridized carbons (Fsp3) is 0.214. The van der Waals surface area contributed by atoms with Gasteiger partial charge in [-0.05, 0) is 17.7 Å². The second-order valence-electron chi connectivity index (χ2n) is 4.71. The summed E-state index contributed by atoms with van der Waals surface area (Å²) in [4.78, 5) is 17.0. The van der Waals surface area contributed by atoms with E-state index in [0.717, 1.165) is 5.56 Å². The largest absolute Gasteiger partial charge is 0.294 e. The predicted octanol–water partition coefficient (Wildman–Crippen LogP) is 2.49. The monoisotopic (exact) mass is 322 g/mol.